The second kappa shape index (κ2) is 7.29. The van der Waals surface area contributed by atoms with Gasteiger partial charge in [-0.3, -0.25) is 4.79 Å². The Hall–Kier alpha value is -1.96. The lowest BCUT2D eigenvalue weighted by atomic mass is 10.1. The van der Waals surface area contributed by atoms with Gasteiger partial charge in [-0.1, -0.05) is 19.0 Å². The molecule has 1 amide bonds. The Bertz CT molecular complexity index is 728. The molecule has 0 radical (unpaired) electrons. The summed E-state index contributed by atoms with van der Waals surface area (Å²) in [5, 5.41) is 5.98. The maximum absolute atomic E-state index is 13.3. The van der Waals surface area contributed by atoms with Gasteiger partial charge in [-0.05, 0) is 31.5 Å². The Kier molecular flexibility index (Phi) is 5.58. The minimum atomic E-state index is -4.58. The summed E-state index contributed by atoms with van der Waals surface area (Å²) in [5.41, 5.74) is -0.730. The summed E-state index contributed by atoms with van der Waals surface area (Å²) in [6.45, 7) is 5.53. The van der Waals surface area contributed by atoms with Crippen LogP contribution in [0.2, 0.25) is 0 Å². The summed E-state index contributed by atoms with van der Waals surface area (Å²) in [6, 6.07) is 5.23. The number of halogens is 3. The molecule has 2 rings (SSSR count). The Balaban J connectivity index is 2.30. The topological polar surface area (TPSA) is 55.1 Å². The van der Waals surface area contributed by atoms with Gasteiger partial charge in [0.15, 0.2) is 0 Å². The smallest absolute Gasteiger partial charge is 0.351 e. The molecule has 4 nitrogen and oxygen atoms in total. The molecule has 0 aliphatic carbocycles. The molecule has 0 saturated carbocycles. The predicted octanol–water partition coefficient (Wildman–Crippen LogP) is 5.14. The largest absolute Gasteiger partial charge is 0.418 e. The molecule has 1 aromatic heterocycles. The number of thioether (sulfide) groups is 1. The van der Waals surface area contributed by atoms with E-state index in [1.165, 1.54) is 23.9 Å². The average Bonchev–Trinajstić information content (AvgIpc) is 2.94. The van der Waals surface area contributed by atoms with Gasteiger partial charge in [0.1, 0.15) is 0 Å². The van der Waals surface area contributed by atoms with E-state index >= 15 is 0 Å². The van der Waals surface area contributed by atoms with E-state index in [0.717, 1.165) is 12.5 Å². The van der Waals surface area contributed by atoms with Crippen molar-refractivity contribution in [3.05, 3.63) is 41.3 Å². The predicted molar refractivity (Wildman–Crippen MR) is 86.2 cm³/mol. The Morgan fingerprint density at radius 1 is 1.38 bits per heavy atom. The second-order valence-corrected chi connectivity index (χ2v) is 6.84. The first-order valence-corrected chi connectivity index (χ1v) is 8.21. The first-order chi connectivity index (χ1) is 11.2. The molecule has 130 valence electrons. The highest BCUT2D eigenvalue weighted by Gasteiger charge is 2.34. The van der Waals surface area contributed by atoms with Gasteiger partial charge in [-0.15, -0.1) is 11.8 Å². The Labute approximate surface area is 141 Å². The number of rotatable bonds is 5. The van der Waals surface area contributed by atoms with Crippen LogP contribution in [0.5, 0.6) is 0 Å². The van der Waals surface area contributed by atoms with Crippen LogP contribution < -0.4 is 5.32 Å². The summed E-state index contributed by atoms with van der Waals surface area (Å²) >= 11 is 1.36. The van der Waals surface area contributed by atoms with Gasteiger partial charge in [0.2, 0.25) is 5.76 Å². The summed E-state index contributed by atoms with van der Waals surface area (Å²) in [5.74, 6) is -0.915. The van der Waals surface area contributed by atoms with Crippen molar-refractivity contribution in [2.45, 2.75) is 43.5 Å². The normalized spacial score (nSPS) is 12.9. The molecule has 8 heteroatoms. The number of aryl methyl sites for hydroxylation is 1. The molecule has 2 aromatic rings. The minimum absolute atomic E-state index is 0.140. The highest BCUT2D eigenvalue weighted by molar-refractivity contribution is 7.99. The van der Waals surface area contributed by atoms with Crippen molar-refractivity contribution < 1.29 is 22.5 Å². The molecule has 1 aromatic carbocycles. The zero-order chi connectivity index (χ0) is 17.9. The van der Waals surface area contributed by atoms with E-state index in [1.54, 1.807) is 13.0 Å². The molecule has 1 N–H and O–H groups in total. The van der Waals surface area contributed by atoms with E-state index in [2.05, 4.69) is 10.5 Å². The lowest BCUT2D eigenvalue weighted by molar-refractivity contribution is -0.137. The van der Waals surface area contributed by atoms with Gasteiger partial charge >= 0.3 is 6.18 Å². The van der Waals surface area contributed by atoms with E-state index in [4.69, 9.17) is 4.52 Å². The molecular weight excluding hydrogens is 341 g/mol. The van der Waals surface area contributed by atoms with E-state index < -0.39 is 17.6 Å². The summed E-state index contributed by atoms with van der Waals surface area (Å²) in [6.07, 6.45) is -3.73. The number of hydrogen-bond donors (Lipinski definition) is 1. The van der Waals surface area contributed by atoms with E-state index in [9.17, 15) is 18.0 Å². The third-order valence-corrected chi connectivity index (χ3v) is 4.57. The number of hydrogen-bond acceptors (Lipinski definition) is 4. The fourth-order valence-electron chi connectivity index (χ4n) is 1.91. The SMILES string of the molecule is CCC(C)Sc1ccc(NC(=O)c2cc(C)no2)c(C(F)(F)F)c1. The van der Waals surface area contributed by atoms with Crippen molar-refractivity contribution in [1.29, 1.82) is 0 Å². The fraction of sp³-hybridized carbons (Fsp3) is 0.375. The van der Waals surface area contributed by atoms with Crippen LogP contribution in [0.1, 0.15) is 42.1 Å². The quantitative estimate of drug-likeness (QED) is 0.752. The number of nitrogens with zero attached hydrogens (tertiary/aromatic N) is 1. The number of benzene rings is 1. The van der Waals surface area contributed by atoms with Crippen molar-refractivity contribution in [3.63, 3.8) is 0 Å². The molecule has 0 bridgehead atoms. The molecule has 24 heavy (non-hydrogen) atoms. The van der Waals surface area contributed by atoms with Crippen molar-refractivity contribution in [3.8, 4) is 0 Å². The van der Waals surface area contributed by atoms with Crippen LogP contribution in [0, 0.1) is 6.92 Å². The zero-order valence-corrected chi connectivity index (χ0v) is 14.2. The maximum atomic E-state index is 13.3. The summed E-state index contributed by atoms with van der Waals surface area (Å²) in [4.78, 5) is 12.5. The van der Waals surface area contributed by atoms with Crippen LogP contribution in [-0.2, 0) is 6.18 Å². The van der Waals surface area contributed by atoms with Crippen LogP contribution in [-0.4, -0.2) is 16.3 Å². The van der Waals surface area contributed by atoms with Crippen molar-refractivity contribution in [2.24, 2.45) is 0 Å². The first-order valence-electron chi connectivity index (χ1n) is 7.33. The van der Waals surface area contributed by atoms with Gasteiger partial charge in [0.05, 0.1) is 16.9 Å². The van der Waals surface area contributed by atoms with Gasteiger partial charge < -0.3 is 9.84 Å². The number of carbonyl (C=O) groups excluding carboxylic acids is 1. The number of carbonyl (C=O) groups is 1. The van der Waals surface area contributed by atoms with Crippen LogP contribution in [0.15, 0.2) is 33.7 Å². The fourth-order valence-corrected chi connectivity index (χ4v) is 2.87. The molecule has 0 saturated heterocycles. The van der Waals surface area contributed by atoms with Gasteiger partial charge in [0.25, 0.3) is 5.91 Å². The molecule has 0 spiro atoms. The number of anilines is 1. The van der Waals surface area contributed by atoms with Crippen LogP contribution in [0.4, 0.5) is 18.9 Å². The molecule has 1 heterocycles. The molecule has 1 unspecified atom stereocenters. The highest BCUT2D eigenvalue weighted by atomic mass is 32.2. The van der Waals surface area contributed by atoms with Crippen LogP contribution in [0.3, 0.4) is 0 Å². The number of amides is 1. The van der Waals surface area contributed by atoms with Gasteiger partial charge in [0, 0.05) is 16.2 Å². The number of alkyl halides is 3. The molecular formula is C16H17F3N2O2S. The lowest BCUT2D eigenvalue weighted by Gasteiger charge is -2.16. The Morgan fingerprint density at radius 2 is 2.08 bits per heavy atom. The third kappa shape index (κ3) is 4.53. The van der Waals surface area contributed by atoms with Crippen molar-refractivity contribution in [2.75, 3.05) is 5.32 Å². The highest BCUT2D eigenvalue weighted by Crippen LogP contribution is 2.38. The zero-order valence-electron chi connectivity index (χ0n) is 13.4. The lowest BCUT2D eigenvalue weighted by Crippen LogP contribution is -2.16. The molecule has 1 atom stereocenters. The van der Waals surface area contributed by atoms with Gasteiger partial charge in [-0.2, -0.15) is 13.2 Å². The number of nitrogens with one attached hydrogen (secondary N) is 1. The minimum Gasteiger partial charge on any atom is -0.351 e. The summed E-state index contributed by atoms with van der Waals surface area (Å²) in [7, 11) is 0. The molecule has 0 fully saturated rings. The van der Waals surface area contributed by atoms with Crippen molar-refractivity contribution in [1.82, 2.24) is 5.16 Å². The van der Waals surface area contributed by atoms with Gasteiger partial charge in [-0.25, -0.2) is 0 Å². The van der Waals surface area contributed by atoms with E-state index in [1.807, 2.05) is 13.8 Å². The van der Waals surface area contributed by atoms with E-state index in [0.29, 0.717) is 10.6 Å². The average molecular weight is 358 g/mol. The van der Waals surface area contributed by atoms with E-state index in [-0.39, 0.29) is 16.7 Å². The first kappa shape index (κ1) is 18.4. The maximum Gasteiger partial charge on any atom is 0.418 e. The molecule has 0 aliphatic heterocycles. The summed E-state index contributed by atoms with van der Waals surface area (Å²) < 4.78 is 44.7. The second-order valence-electron chi connectivity index (χ2n) is 5.33. The monoisotopic (exact) mass is 358 g/mol. The van der Waals surface area contributed by atoms with Crippen LogP contribution >= 0.6 is 11.8 Å². The molecule has 0 aliphatic rings. The van der Waals surface area contributed by atoms with Crippen molar-refractivity contribution >= 4 is 23.4 Å². The Morgan fingerprint density at radius 3 is 2.62 bits per heavy atom. The third-order valence-electron chi connectivity index (χ3n) is 3.31. The number of aromatic nitrogens is 1. The van der Waals surface area contributed by atoms with Crippen LogP contribution in [0.25, 0.3) is 0 Å². The standard InChI is InChI=1S/C16H17F3N2O2S/c1-4-10(3)24-11-5-6-13(12(8-11)16(17,18)19)20-15(22)14-7-9(2)21-23-14/h5-8,10H,4H2,1-3H3,(H,20,22).